The summed E-state index contributed by atoms with van der Waals surface area (Å²) in [4.78, 5) is 7.25. The first kappa shape index (κ1) is 15.5. The first-order valence-electron chi connectivity index (χ1n) is 8.42. The molecule has 24 heavy (non-hydrogen) atoms. The minimum Gasteiger partial charge on any atom is -0.294 e. The van der Waals surface area contributed by atoms with Crippen LogP contribution in [-0.2, 0) is 20.0 Å². The Labute approximate surface area is 146 Å². The van der Waals surface area contributed by atoms with Crippen LogP contribution in [0.25, 0.3) is 10.6 Å². The van der Waals surface area contributed by atoms with Gasteiger partial charge in [-0.1, -0.05) is 24.3 Å². The van der Waals surface area contributed by atoms with Crippen molar-refractivity contribution in [3.63, 3.8) is 0 Å². The molecule has 1 atom stereocenters. The SMILES string of the molecule is CN(Cc1csc(-c2cnn(C)c2)n1)C1CCCc2ccccc21. The van der Waals surface area contributed by atoms with E-state index < -0.39 is 0 Å². The van der Waals surface area contributed by atoms with Gasteiger partial charge in [0.25, 0.3) is 0 Å². The molecule has 1 aliphatic rings. The van der Waals surface area contributed by atoms with Crippen LogP contribution in [0.4, 0.5) is 0 Å². The fraction of sp³-hybridized carbons (Fsp3) is 0.368. The number of fused-ring (bicyclic) bond motifs is 1. The van der Waals surface area contributed by atoms with Gasteiger partial charge in [-0.05, 0) is 37.4 Å². The zero-order chi connectivity index (χ0) is 16.5. The number of hydrogen-bond acceptors (Lipinski definition) is 4. The lowest BCUT2D eigenvalue weighted by Crippen LogP contribution is -2.27. The van der Waals surface area contributed by atoms with Gasteiger partial charge in [-0.15, -0.1) is 11.3 Å². The standard InChI is InChI=1S/C19H22N4S/c1-22(18-9-5-7-14-6-3-4-8-17(14)18)12-16-13-24-19(21-16)15-10-20-23(2)11-15/h3-4,6,8,10-11,13,18H,5,7,9,12H2,1-2H3. The van der Waals surface area contributed by atoms with Gasteiger partial charge >= 0.3 is 0 Å². The van der Waals surface area contributed by atoms with E-state index in [1.807, 2.05) is 24.1 Å². The summed E-state index contributed by atoms with van der Waals surface area (Å²) in [6, 6.07) is 9.38. The third-order valence-electron chi connectivity index (χ3n) is 4.78. The van der Waals surface area contributed by atoms with Crippen molar-refractivity contribution in [3.05, 3.63) is 58.9 Å². The maximum Gasteiger partial charge on any atom is 0.126 e. The molecule has 0 fully saturated rings. The molecule has 0 saturated carbocycles. The summed E-state index contributed by atoms with van der Waals surface area (Å²) in [7, 11) is 4.15. The van der Waals surface area contributed by atoms with Crippen LogP contribution in [-0.4, -0.2) is 26.7 Å². The molecule has 0 spiro atoms. The normalized spacial score (nSPS) is 17.2. The Bertz CT molecular complexity index is 835. The molecular weight excluding hydrogens is 316 g/mol. The third kappa shape index (κ3) is 3.01. The molecule has 1 aliphatic carbocycles. The molecule has 124 valence electrons. The van der Waals surface area contributed by atoms with E-state index in [1.54, 1.807) is 11.3 Å². The van der Waals surface area contributed by atoms with Crippen molar-refractivity contribution in [2.24, 2.45) is 7.05 Å². The second-order valence-electron chi connectivity index (χ2n) is 6.57. The maximum atomic E-state index is 4.81. The summed E-state index contributed by atoms with van der Waals surface area (Å²) < 4.78 is 1.82. The van der Waals surface area contributed by atoms with Crippen molar-refractivity contribution in [1.29, 1.82) is 0 Å². The second kappa shape index (κ2) is 6.49. The number of nitrogens with zero attached hydrogens (tertiary/aromatic N) is 4. The minimum absolute atomic E-state index is 0.499. The first-order valence-corrected chi connectivity index (χ1v) is 9.30. The summed E-state index contributed by atoms with van der Waals surface area (Å²) >= 11 is 1.70. The highest BCUT2D eigenvalue weighted by Crippen LogP contribution is 2.34. The van der Waals surface area contributed by atoms with Crippen LogP contribution in [0.2, 0.25) is 0 Å². The van der Waals surface area contributed by atoms with Gasteiger partial charge < -0.3 is 0 Å². The highest BCUT2D eigenvalue weighted by molar-refractivity contribution is 7.13. The Kier molecular flexibility index (Phi) is 4.21. The zero-order valence-corrected chi connectivity index (χ0v) is 15.0. The summed E-state index contributed by atoms with van der Waals surface area (Å²) in [5.74, 6) is 0. The van der Waals surface area contributed by atoms with Crippen LogP contribution in [0.5, 0.6) is 0 Å². The number of aromatic nitrogens is 3. The van der Waals surface area contributed by atoms with Crippen molar-refractivity contribution >= 4 is 11.3 Å². The van der Waals surface area contributed by atoms with E-state index in [0.29, 0.717) is 6.04 Å². The average Bonchev–Trinajstić information content (AvgIpc) is 3.23. The summed E-state index contributed by atoms with van der Waals surface area (Å²) in [5.41, 5.74) is 5.24. The van der Waals surface area contributed by atoms with Crippen molar-refractivity contribution in [1.82, 2.24) is 19.7 Å². The number of aryl methyl sites for hydroxylation is 2. The van der Waals surface area contributed by atoms with Crippen LogP contribution in [0, 0.1) is 0 Å². The molecule has 0 radical (unpaired) electrons. The lowest BCUT2D eigenvalue weighted by molar-refractivity contribution is 0.211. The van der Waals surface area contributed by atoms with Gasteiger partial charge in [-0.3, -0.25) is 9.58 Å². The van der Waals surface area contributed by atoms with Gasteiger partial charge in [0.2, 0.25) is 0 Å². The first-order chi connectivity index (χ1) is 11.7. The van der Waals surface area contributed by atoms with Crippen molar-refractivity contribution in [2.45, 2.75) is 31.8 Å². The van der Waals surface area contributed by atoms with Crippen molar-refractivity contribution in [3.8, 4) is 10.6 Å². The molecule has 0 N–H and O–H groups in total. The van der Waals surface area contributed by atoms with Crippen LogP contribution in [0.15, 0.2) is 42.0 Å². The number of thiazole rings is 1. The monoisotopic (exact) mass is 338 g/mol. The van der Waals surface area contributed by atoms with Crippen LogP contribution in [0.3, 0.4) is 0 Å². The van der Waals surface area contributed by atoms with E-state index in [0.717, 1.165) is 22.8 Å². The minimum atomic E-state index is 0.499. The number of rotatable bonds is 4. The molecule has 0 bridgehead atoms. The molecule has 0 amide bonds. The predicted octanol–water partition coefficient (Wildman–Crippen LogP) is 4.05. The molecule has 0 saturated heterocycles. The van der Waals surface area contributed by atoms with Gasteiger partial charge in [-0.25, -0.2) is 4.98 Å². The van der Waals surface area contributed by atoms with Gasteiger partial charge in [0.05, 0.1) is 11.9 Å². The predicted molar refractivity (Wildman–Crippen MR) is 97.9 cm³/mol. The van der Waals surface area contributed by atoms with E-state index in [2.05, 4.69) is 46.7 Å². The number of benzene rings is 1. The highest BCUT2D eigenvalue weighted by atomic mass is 32.1. The van der Waals surface area contributed by atoms with E-state index in [4.69, 9.17) is 4.98 Å². The van der Waals surface area contributed by atoms with Gasteiger partial charge in [0, 0.05) is 36.8 Å². The molecule has 1 aromatic carbocycles. The Morgan fingerprint density at radius 1 is 1.33 bits per heavy atom. The second-order valence-corrected chi connectivity index (χ2v) is 7.43. The van der Waals surface area contributed by atoms with E-state index >= 15 is 0 Å². The van der Waals surface area contributed by atoms with Crippen LogP contribution >= 0.6 is 11.3 Å². The largest absolute Gasteiger partial charge is 0.294 e. The molecule has 3 aromatic rings. The summed E-state index contributed by atoms with van der Waals surface area (Å²) in [5, 5.41) is 7.46. The zero-order valence-electron chi connectivity index (χ0n) is 14.1. The lowest BCUT2D eigenvalue weighted by Gasteiger charge is -2.32. The van der Waals surface area contributed by atoms with Gasteiger partial charge in [-0.2, -0.15) is 5.10 Å². The molecule has 2 aromatic heterocycles. The van der Waals surface area contributed by atoms with Crippen molar-refractivity contribution in [2.75, 3.05) is 7.05 Å². The smallest absolute Gasteiger partial charge is 0.126 e. The Hall–Kier alpha value is -1.98. The summed E-state index contributed by atoms with van der Waals surface area (Å²) in [6.07, 6.45) is 7.60. The number of hydrogen-bond donors (Lipinski definition) is 0. The maximum absolute atomic E-state index is 4.81. The highest BCUT2D eigenvalue weighted by Gasteiger charge is 2.23. The fourth-order valence-corrected chi connectivity index (χ4v) is 4.38. The van der Waals surface area contributed by atoms with Crippen LogP contribution < -0.4 is 0 Å². The molecule has 4 nitrogen and oxygen atoms in total. The van der Waals surface area contributed by atoms with Gasteiger partial charge in [0.1, 0.15) is 5.01 Å². The topological polar surface area (TPSA) is 34.0 Å². The Morgan fingerprint density at radius 2 is 2.21 bits per heavy atom. The van der Waals surface area contributed by atoms with Crippen LogP contribution in [0.1, 0.15) is 35.7 Å². The lowest BCUT2D eigenvalue weighted by atomic mass is 9.87. The molecule has 1 unspecified atom stereocenters. The van der Waals surface area contributed by atoms with E-state index in [1.165, 1.54) is 30.4 Å². The molecule has 5 heteroatoms. The average molecular weight is 338 g/mol. The molecule has 0 aliphatic heterocycles. The third-order valence-corrected chi connectivity index (χ3v) is 5.72. The molecule has 4 rings (SSSR count). The quantitative estimate of drug-likeness (QED) is 0.719. The summed E-state index contributed by atoms with van der Waals surface area (Å²) in [6.45, 7) is 0.885. The van der Waals surface area contributed by atoms with E-state index in [9.17, 15) is 0 Å². The van der Waals surface area contributed by atoms with Gasteiger partial charge in [0.15, 0.2) is 0 Å². The molecular formula is C19H22N4S. The van der Waals surface area contributed by atoms with E-state index in [-0.39, 0.29) is 0 Å². The Balaban J connectivity index is 1.51. The Morgan fingerprint density at radius 3 is 3.04 bits per heavy atom. The van der Waals surface area contributed by atoms with Crippen molar-refractivity contribution < 1.29 is 0 Å². The molecule has 2 heterocycles. The fourth-order valence-electron chi connectivity index (χ4n) is 3.60.